The van der Waals surface area contributed by atoms with Gasteiger partial charge in [-0.1, -0.05) is 6.07 Å². The quantitative estimate of drug-likeness (QED) is 0.137. The van der Waals surface area contributed by atoms with Crippen molar-refractivity contribution in [2.24, 2.45) is 11.5 Å². The molecule has 1 heterocycles. The molecule has 0 unspecified atom stereocenters. The van der Waals surface area contributed by atoms with Gasteiger partial charge in [-0.2, -0.15) is 0 Å². The van der Waals surface area contributed by atoms with Gasteiger partial charge in [0.25, 0.3) is 5.91 Å². The lowest BCUT2D eigenvalue weighted by Crippen LogP contribution is -2.57. The van der Waals surface area contributed by atoms with E-state index in [1.54, 1.807) is 43.3 Å². The lowest BCUT2D eigenvalue weighted by atomic mass is 10.0. The zero-order valence-electron chi connectivity index (χ0n) is 24.0. The van der Waals surface area contributed by atoms with E-state index in [4.69, 9.17) is 21.6 Å². The summed E-state index contributed by atoms with van der Waals surface area (Å²) in [7, 11) is 6.22. The first-order chi connectivity index (χ1) is 20.4. The van der Waals surface area contributed by atoms with Crippen LogP contribution >= 0.6 is 0 Å². The number of allylic oxidation sites excluding steroid dienone is 2. The van der Waals surface area contributed by atoms with Gasteiger partial charge in [-0.3, -0.25) is 15.1 Å². The van der Waals surface area contributed by atoms with Crippen molar-refractivity contribution in [2.45, 2.75) is 6.54 Å². The Morgan fingerprint density at radius 2 is 1.60 bits per heavy atom. The van der Waals surface area contributed by atoms with Gasteiger partial charge in [0.2, 0.25) is 0 Å². The number of amides is 5. The summed E-state index contributed by atoms with van der Waals surface area (Å²) in [6.45, 7) is -0.631. The van der Waals surface area contributed by atoms with Crippen LogP contribution in [0.4, 0.5) is 29.7 Å². The van der Waals surface area contributed by atoms with Crippen molar-refractivity contribution in [1.29, 1.82) is 5.41 Å². The van der Waals surface area contributed by atoms with Crippen molar-refractivity contribution in [3.05, 3.63) is 94.8 Å². The summed E-state index contributed by atoms with van der Waals surface area (Å²) >= 11 is 0. The number of ether oxygens (including phenoxy) is 1. The van der Waals surface area contributed by atoms with Gasteiger partial charge in [-0.05, 0) is 56.6 Å². The van der Waals surface area contributed by atoms with E-state index in [2.05, 4.69) is 16.0 Å². The molecule has 0 spiro atoms. The molecule has 5 amide bonds. The second kappa shape index (κ2) is 14.0. The van der Waals surface area contributed by atoms with Crippen molar-refractivity contribution >= 4 is 35.2 Å². The Kier molecular flexibility index (Phi) is 10.4. The van der Waals surface area contributed by atoms with Crippen LogP contribution in [0.15, 0.2) is 77.6 Å². The first-order valence-corrected chi connectivity index (χ1v) is 12.8. The summed E-state index contributed by atoms with van der Waals surface area (Å²) in [5.74, 6) is -3.89. The lowest BCUT2D eigenvalue weighted by molar-refractivity contribution is -0.123. The van der Waals surface area contributed by atoms with Crippen molar-refractivity contribution in [2.75, 3.05) is 45.4 Å². The van der Waals surface area contributed by atoms with E-state index in [-0.39, 0.29) is 29.5 Å². The standard InChI is InChI=1S/C28H33F2N9O4/c1-34-27(41)36-17-10-8-16(9-11-17)35-21(15-37(2)3)24-25(33)38(14-18-19(29)6-5-7-20(18)30)28(42)39(26(24)40)22(31)12-13-23(32)43-4/h5-13,33,35H,14-15,31-32H2,1-4H3,(H2,34,36,41)/b22-12+,23-13+,24-21+,33-25?. The highest BCUT2D eigenvalue weighted by Crippen LogP contribution is 2.27. The predicted octanol–water partition coefficient (Wildman–Crippen LogP) is 2.63. The van der Waals surface area contributed by atoms with Crippen molar-refractivity contribution in [3.63, 3.8) is 0 Å². The average Bonchev–Trinajstić information content (AvgIpc) is 2.95. The molecule has 1 aliphatic rings. The van der Waals surface area contributed by atoms with Crippen LogP contribution in [0.1, 0.15) is 5.56 Å². The molecule has 0 saturated carbocycles. The van der Waals surface area contributed by atoms with Crippen LogP contribution in [0.2, 0.25) is 0 Å². The zero-order chi connectivity index (χ0) is 31.8. The summed E-state index contributed by atoms with van der Waals surface area (Å²) in [4.78, 5) is 42.1. The molecule has 1 fully saturated rings. The maximum absolute atomic E-state index is 14.6. The number of rotatable bonds is 10. The van der Waals surface area contributed by atoms with Crippen LogP contribution in [0.5, 0.6) is 0 Å². The van der Waals surface area contributed by atoms with E-state index >= 15 is 0 Å². The number of likely N-dealkylation sites (N-methyl/N-ethyl adjacent to an activating group) is 1. The molecule has 1 aliphatic heterocycles. The van der Waals surface area contributed by atoms with E-state index in [9.17, 15) is 23.2 Å². The second-order valence-electron chi connectivity index (χ2n) is 9.42. The number of nitrogens with two attached hydrogens (primary N) is 2. The maximum atomic E-state index is 14.6. The Bertz CT molecular complexity index is 1480. The molecule has 1 saturated heterocycles. The number of methoxy groups -OCH3 is 1. The molecule has 0 aliphatic carbocycles. The highest BCUT2D eigenvalue weighted by Gasteiger charge is 2.43. The molecular formula is C28H33F2N9O4. The lowest BCUT2D eigenvalue weighted by Gasteiger charge is -2.37. The SMILES string of the molecule is CNC(=O)Nc1ccc(N/C(CN(C)C)=C2\C(=N)N(Cc3c(F)cccc3F)C(=O)N(/C(N)=C/C=C(\N)OC)C2=O)cc1. The van der Waals surface area contributed by atoms with Crippen LogP contribution in [0.3, 0.4) is 0 Å². The molecule has 0 radical (unpaired) electrons. The Hall–Kier alpha value is -5.44. The van der Waals surface area contributed by atoms with Crippen LogP contribution in [0, 0.1) is 17.0 Å². The summed E-state index contributed by atoms with van der Waals surface area (Å²) in [5.41, 5.74) is 12.1. The first-order valence-electron chi connectivity index (χ1n) is 12.8. The summed E-state index contributed by atoms with van der Waals surface area (Å²) in [6, 6.07) is 8.16. The van der Waals surface area contributed by atoms with E-state index in [0.717, 1.165) is 23.1 Å². The van der Waals surface area contributed by atoms with Gasteiger partial charge in [0.1, 0.15) is 28.9 Å². The molecule has 2 aromatic rings. The van der Waals surface area contributed by atoms with Crippen LogP contribution < -0.4 is 27.4 Å². The van der Waals surface area contributed by atoms with Crippen LogP contribution in [-0.4, -0.2) is 73.3 Å². The van der Waals surface area contributed by atoms with E-state index in [1.165, 1.54) is 26.3 Å². The molecule has 13 nitrogen and oxygen atoms in total. The zero-order valence-corrected chi connectivity index (χ0v) is 24.0. The summed E-state index contributed by atoms with van der Waals surface area (Å²) in [5, 5.41) is 17.1. The number of benzene rings is 2. The first kappa shape index (κ1) is 32.1. The van der Waals surface area contributed by atoms with Gasteiger partial charge in [0, 0.05) is 42.3 Å². The Morgan fingerprint density at radius 3 is 2.14 bits per heavy atom. The topological polar surface area (TPSA) is 182 Å². The van der Waals surface area contributed by atoms with Gasteiger partial charge in [-0.15, -0.1) is 0 Å². The van der Waals surface area contributed by atoms with Crippen molar-refractivity contribution < 1.29 is 27.9 Å². The maximum Gasteiger partial charge on any atom is 0.338 e. The minimum absolute atomic E-state index is 0.0713. The van der Waals surface area contributed by atoms with Crippen molar-refractivity contribution in [1.82, 2.24) is 20.0 Å². The Balaban J connectivity index is 2.16. The second-order valence-corrected chi connectivity index (χ2v) is 9.42. The third kappa shape index (κ3) is 7.65. The van der Waals surface area contributed by atoms with Crippen LogP contribution in [-0.2, 0) is 16.1 Å². The number of carbonyl (C=O) groups excluding carboxylic acids is 3. The number of carbonyl (C=O) groups is 3. The van der Waals surface area contributed by atoms with Gasteiger partial charge in [-0.25, -0.2) is 23.3 Å². The summed E-state index contributed by atoms with van der Waals surface area (Å²) in [6.07, 6.45) is 2.37. The molecule has 15 heteroatoms. The average molecular weight is 598 g/mol. The highest BCUT2D eigenvalue weighted by molar-refractivity contribution is 6.30. The van der Waals surface area contributed by atoms with Crippen LogP contribution in [0.25, 0.3) is 0 Å². The fraction of sp³-hybridized carbons (Fsp3) is 0.214. The smallest absolute Gasteiger partial charge is 0.338 e. The number of imide groups is 1. The Morgan fingerprint density at radius 1 is 1.02 bits per heavy atom. The number of hydrogen-bond acceptors (Lipinski definition) is 9. The molecular weight excluding hydrogens is 564 g/mol. The molecule has 2 aromatic carbocycles. The molecule has 43 heavy (non-hydrogen) atoms. The molecule has 3 rings (SSSR count). The normalized spacial score (nSPS) is 15.6. The molecule has 228 valence electrons. The third-order valence-corrected chi connectivity index (χ3v) is 6.08. The number of nitrogens with one attached hydrogen (secondary N) is 4. The monoisotopic (exact) mass is 597 g/mol. The number of halogens is 2. The fourth-order valence-electron chi connectivity index (χ4n) is 3.95. The number of hydrogen-bond donors (Lipinski definition) is 6. The van der Waals surface area contributed by atoms with E-state index < -0.39 is 47.5 Å². The van der Waals surface area contributed by atoms with Gasteiger partial charge in [0.05, 0.1) is 13.7 Å². The highest BCUT2D eigenvalue weighted by atomic mass is 19.1. The molecule has 0 atom stereocenters. The largest absolute Gasteiger partial charge is 0.483 e. The summed E-state index contributed by atoms with van der Waals surface area (Å²) < 4.78 is 34.1. The number of amidine groups is 1. The van der Waals surface area contributed by atoms with Crippen molar-refractivity contribution in [3.8, 4) is 0 Å². The predicted molar refractivity (Wildman–Crippen MR) is 157 cm³/mol. The number of anilines is 2. The minimum Gasteiger partial charge on any atom is -0.483 e. The molecule has 8 N–H and O–H groups in total. The Labute approximate surface area is 246 Å². The third-order valence-electron chi connectivity index (χ3n) is 6.08. The van der Waals surface area contributed by atoms with E-state index in [1.807, 2.05) is 0 Å². The number of urea groups is 2. The van der Waals surface area contributed by atoms with E-state index in [0.29, 0.717) is 16.3 Å². The van der Waals surface area contributed by atoms with Gasteiger partial charge < -0.3 is 37.1 Å². The molecule has 0 bridgehead atoms. The van der Waals surface area contributed by atoms with Gasteiger partial charge >= 0.3 is 12.1 Å². The molecule has 0 aromatic heterocycles. The minimum atomic E-state index is -1.10. The fourth-order valence-corrected chi connectivity index (χ4v) is 3.95. The number of nitrogens with zero attached hydrogens (tertiary/aromatic N) is 3. The van der Waals surface area contributed by atoms with Gasteiger partial charge in [0.15, 0.2) is 5.88 Å².